The quantitative estimate of drug-likeness (QED) is 0.587. The molecule has 0 N–H and O–H groups in total. The van der Waals surface area contributed by atoms with Gasteiger partial charge >= 0.3 is 0 Å². The summed E-state index contributed by atoms with van der Waals surface area (Å²) < 4.78 is 5.30. The van der Waals surface area contributed by atoms with Crippen LogP contribution in [0.4, 0.5) is 11.4 Å². The van der Waals surface area contributed by atoms with Crippen molar-refractivity contribution in [2.24, 2.45) is 0 Å². The van der Waals surface area contributed by atoms with Gasteiger partial charge in [-0.15, -0.1) is 0 Å². The Bertz CT molecular complexity index is 1100. The van der Waals surface area contributed by atoms with Crippen LogP contribution in [0.15, 0.2) is 78.9 Å². The Morgan fingerprint density at radius 3 is 2.39 bits per heavy atom. The van der Waals surface area contributed by atoms with Gasteiger partial charge in [0.1, 0.15) is 5.75 Å². The molecule has 0 radical (unpaired) electrons. The Morgan fingerprint density at radius 1 is 0.968 bits per heavy atom. The molecular weight excluding hydrogens is 388 g/mol. The summed E-state index contributed by atoms with van der Waals surface area (Å²) in [5.41, 5.74) is 3.23. The number of anilines is 2. The van der Waals surface area contributed by atoms with Gasteiger partial charge in [0.25, 0.3) is 5.91 Å². The SMILES string of the molecule is COc1cccc(C(=O)N2c3ccccc3[C@H](N(C(C)=O)c3ccccc3)C[C@@H]2C)c1. The van der Waals surface area contributed by atoms with E-state index in [-0.39, 0.29) is 23.9 Å². The van der Waals surface area contributed by atoms with Crippen LogP contribution < -0.4 is 14.5 Å². The average molecular weight is 415 g/mol. The van der Waals surface area contributed by atoms with Crippen molar-refractivity contribution in [1.29, 1.82) is 0 Å². The fraction of sp³-hybridized carbons (Fsp3) is 0.231. The van der Waals surface area contributed by atoms with E-state index in [1.54, 1.807) is 26.2 Å². The van der Waals surface area contributed by atoms with Crippen molar-refractivity contribution in [3.63, 3.8) is 0 Å². The summed E-state index contributed by atoms with van der Waals surface area (Å²) in [7, 11) is 1.59. The van der Waals surface area contributed by atoms with E-state index in [0.717, 1.165) is 16.9 Å². The minimum absolute atomic E-state index is 0.0224. The number of benzene rings is 3. The molecule has 158 valence electrons. The third-order valence-electron chi connectivity index (χ3n) is 5.78. The first-order valence-electron chi connectivity index (χ1n) is 10.4. The van der Waals surface area contributed by atoms with Gasteiger partial charge in [0.2, 0.25) is 5.91 Å². The molecule has 5 heteroatoms. The molecule has 5 nitrogen and oxygen atoms in total. The zero-order valence-electron chi connectivity index (χ0n) is 18.0. The lowest BCUT2D eigenvalue weighted by atomic mass is 9.89. The molecule has 0 bridgehead atoms. The van der Waals surface area contributed by atoms with Gasteiger partial charge in [-0.05, 0) is 55.3 Å². The van der Waals surface area contributed by atoms with Crippen molar-refractivity contribution in [2.45, 2.75) is 32.4 Å². The number of hydrogen-bond acceptors (Lipinski definition) is 3. The van der Waals surface area contributed by atoms with Crippen molar-refractivity contribution < 1.29 is 14.3 Å². The van der Waals surface area contributed by atoms with Crippen LogP contribution in [0.1, 0.15) is 42.2 Å². The van der Waals surface area contributed by atoms with E-state index in [0.29, 0.717) is 17.7 Å². The number of carbonyl (C=O) groups excluding carboxylic acids is 2. The molecular formula is C26H26N2O3. The number of carbonyl (C=O) groups is 2. The second-order valence-electron chi connectivity index (χ2n) is 7.79. The maximum Gasteiger partial charge on any atom is 0.258 e. The summed E-state index contributed by atoms with van der Waals surface area (Å²) in [6.07, 6.45) is 0.640. The fourth-order valence-corrected chi connectivity index (χ4v) is 4.40. The molecule has 2 atom stereocenters. The third-order valence-corrected chi connectivity index (χ3v) is 5.78. The van der Waals surface area contributed by atoms with Gasteiger partial charge in [-0.3, -0.25) is 9.59 Å². The van der Waals surface area contributed by atoms with Gasteiger partial charge in [-0.2, -0.15) is 0 Å². The molecule has 2 amide bonds. The van der Waals surface area contributed by atoms with Crippen LogP contribution in [0, 0.1) is 0 Å². The topological polar surface area (TPSA) is 49.9 Å². The van der Waals surface area contributed by atoms with Crippen molar-refractivity contribution >= 4 is 23.2 Å². The second-order valence-corrected chi connectivity index (χ2v) is 7.79. The van der Waals surface area contributed by atoms with Crippen LogP contribution in [0.3, 0.4) is 0 Å². The third kappa shape index (κ3) is 3.91. The Balaban J connectivity index is 1.77. The molecule has 31 heavy (non-hydrogen) atoms. The Labute approximate surface area is 182 Å². The van der Waals surface area contributed by atoms with Crippen LogP contribution in [0.2, 0.25) is 0 Å². The molecule has 0 saturated heterocycles. The van der Waals surface area contributed by atoms with Crippen LogP contribution in [-0.2, 0) is 4.79 Å². The predicted octanol–water partition coefficient (Wildman–Crippen LogP) is 5.23. The number of methoxy groups -OCH3 is 1. The fourth-order valence-electron chi connectivity index (χ4n) is 4.40. The number of para-hydroxylation sites is 2. The number of fused-ring (bicyclic) bond motifs is 1. The summed E-state index contributed by atoms with van der Waals surface area (Å²) >= 11 is 0. The lowest BCUT2D eigenvalue weighted by Crippen LogP contribution is -2.47. The zero-order chi connectivity index (χ0) is 22.0. The van der Waals surface area contributed by atoms with E-state index >= 15 is 0 Å². The maximum absolute atomic E-state index is 13.5. The lowest BCUT2D eigenvalue weighted by Gasteiger charge is -2.43. The van der Waals surface area contributed by atoms with E-state index in [2.05, 4.69) is 0 Å². The molecule has 1 heterocycles. The molecule has 3 aromatic rings. The smallest absolute Gasteiger partial charge is 0.258 e. The highest BCUT2D eigenvalue weighted by Crippen LogP contribution is 2.42. The highest BCUT2D eigenvalue weighted by atomic mass is 16.5. The molecule has 4 rings (SSSR count). The minimum Gasteiger partial charge on any atom is -0.497 e. The van der Waals surface area contributed by atoms with Crippen LogP contribution in [-0.4, -0.2) is 25.0 Å². The van der Waals surface area contributed by atoms with Crippen molar-refractivity contribution in [1.82, 2.24) is 0 Å². The van der Waals surface area contributed by atoms with Crippen molar-refractivity contribution in [3.05, 3.63) is 90.0 Å². The number of amides is 2. The molecule has 0 aliphatic carbocycles. The van der Waals surface area contributed by atoms with Crippen LogP contribution in [0.25, 0.3) is 0 Å². The number of rotatable bonds is 4. The first-order chi connectivity index (χ1) is 15.0. The van der Waals surface area contributed by atoms with Crippen LogP contribution >= 0.6 is 0 Å². The zero-order valence-corrected chi connectivity index (χ0v) is 18.0. The highest BCUT2D eigenvalue weighted by molar-refractivity contribution is 6.07. The molecule has 0 fully saturated rings. The summed E-state index contributed by atoms with van der Waals surface area (Å²) in [6.45, 7) is 3.62. The van der Waals surface area contributed by atoms with Crippen molar-refractivity contribution in [2.75, 3.05) is 16.9 Å². The Kier molecular flexibility index (Phi) is 5.76. The van der Waals surface area contributed by atoms with Gasteiger partial charge in [0, 0.05) is 29.9 Å². The lowest BCUT2D eigenvalue weighted by molar-refractivity contribution is -0.117. The summed E-state index contributed by atoms with van der Waals surface area (Å²) in [5, 5.41) is 0. The monoisotopic (exact) mass is 414 g/mol. The maximum atomic E-state index is 13.5. The molecule has 3 aromatic carbocycles. The van der Waals surface area contributed by atoms with Crippen molar-refractivity contribution in [3.8, 4) is 5.75 Å². The normalized spacial score (nSPS) is 17.6. The van der Waals surface area contributed by atoms with Gasteiger partial charge in [-0.25, -0.2) is 0 Å². The van der Waals surface area contributed by atoms with Gasteiger partial charge < -0.3 is 14.5 Å². The largest absolute Gasteiger partial charge is 0.497 e. The highest BCUT2D eigenvalue weighted by Gasteiger charge is 2.38. The van der Waals surface area contributed by atoms with E-state index in [1.165, 1.54) is 0 Å². The predicted molar refractivity (Wildman–Crippen MR) is 123 cm³/mol. The average Bonchev–Trinajstić information content (AvgIpc) is 2.79. The number of nitrogens with zero attached hydrogens (tertiary/aromatic N) is 2. The first kappa shape index (κ1) is 20.7. The van der Waals surface area contributed by atoms with Gasteiger partial charge in [0.15, 0.2) is 0 Å². The van der Waals surface area contributed by atoms with E-state index in [9.17, 15) is 9.59 Å². The number of ether oxygens (including phenoxy) is 1. The molecule has 1 aliphatic heterocycles. The molecule has 0 saturated carbocycles. The Morgan fingerprint density at radius 2 is 1.68 bits per heavy atom. The first-order valence-corrected chi connectivity index (χ1v) is 10.4. The van der Waals surface area contributed by atoms with E-state index in [4.69, 9.17) is 4.74 Å². The molecule has 0 unspecified atom stereocenters. The summed E-state index contributed by atoms with van der Waals surface area (Å²) in [5.74, 6) is 0.547. The molecule has 0 aromatic heterocycles. The van der Waals surface area contributed by atoms with E-state index < -0.39 is 0 Å². The molecule has 0 spiro atoms. The number of hydrogen-bond donors (Lipinski definition) is 0. The molecule has 1 aliphatic rings. The summed E-state index contributed by atoms with van der Waals surface area (Å²) in [6, 6.07) is 24.5. The van der Waals surface area contributed by atoms with Gasteiger partial charge in [0.05, 0.1) is 13.2 Å². The van der Waals surface area contributed by atoms with Crippen LogP contribution in [0.5, 0.6) is 5.75 Å². The minimum atomic E-state index is -0.152. The standard InChI is InChI=1S/C26H26N2O3/c1-18-16-25(28(19(2)29)21-11-5-4-6-12-21)23-14-7-8-15-24(23)27(18)26(30)20-10-9-13-22(17-20)31-3/h4-15,17-18,25H,16H2,1-3H3/t18-,25+/m0/s1. The second kappa shape index (κ2) is 8.64. The Hall–Kier alpha value is -3.60. The summed E-state index contributed by atoms with van der Waals surface area (Å²) in [4.78, 5) is 29.9. The van der Waals surface area contributed by atoms with Gasteiger partial charge in [-0.1, -0.05) is 42.5 Å². The van der Waals surface area contributed by atoms with E-state index in [1.807, 2.05) is 83.5 Å².